The number of imidazole rings is 1. The zero-order valence-electron chi connectivity index (χ0n) is 12.0. The molecule has 21 heavy (non-hydrogen) atoms. The van der Waals surface area contributed by atoms with Gasteiger partial charge in [-0.2, -0.15) is 0 Å². The van der Waals surface area contributed by atoms with Crippen molar-refractivity contribution in [3.63, 3.8) is 0 Å². The van der Waals surface area contributed by atoms with Gasteiger partial charge in [-0.25, -0.2) is 4.98 Å². The molecule has 1 aliphatic rings. The molecule has 0 aliphatic carbocycles. The predicted octanol–water partition coefficient (Wildman–Crippen LogP) is 2.72. The quantitative estimate of drug-likeness (QED) is 0.772. The van der Waals surface area contributed by atoms with Gasteiger partial charge in [-0.05, 0) is 36.6 Å². The van der Waals surface area contributed by atoms with Gasteiger partial charge in [0.25, 0.3) is 0 Å². The first-order valence-corrected chi connectivity index (χ1v) is 7.66. The lowest BCUT2D eigenvalue weighted by atomic mass is 9.99. The van der Waals surface area contributed by atoms with E-state index in [-0.39, 0.29) is 0 Å². The van der Waals surface area contributed by atoms with Crippen molar-refractivity contribution in [2.24, 2.45) is 5.92 Å². The van der Waals surface area contributed by atoms with Crippen molar-refractivity contribution in [1.82, 2.24) is 19.9 Å². The number of fused-ring (bicyclic) bond motifs is 2. The van der Waals surface area contributed by atoms with Gasteiger partial charge in [-0.3, -0.25) is 0 Å². The van der Waals surface area contributed by atoms with E-state index in [1.54, 1.807) is 0 Å². The van der Waals surface area contributed by atoms with Gasteiger partial charge in [-0.1, -0.05) is 12.1 Å². The molecule has 4 heteroatoms. The monoisotopic (exact) mass is 280 g/mol. The first kappa shape index (κ1) is 12.7. The van der Waals surface area contributed by atoms with Crippen LogP contribution in [0.5, 0.6) is 0 Å². The molecule has 0 saturated carbocycles. The maximum Gasteiger partial charge on any atom is 0.108 e. The summed E-state index contributed by atoms with van der Waals surface area (Å²) >= 11 is 0. The Morgan fingerprint density at radius 3 is 3.33 bits per heavy atom. The molecule has 1 aromatic carbocycles. The molecular formula is C17H20N4. The molecule has 2 N–H and O–H groups in total. The molecule has 0 saturated heterocycles. The Morgan fingerprint density at radius 2 is 2.33 bits per heavy atom. The van der Waals surface area contributed by atoms with Crippen LogP contribution in [0.3, 0.4) is 0 Å². The topological polar surface area (TPSA) is 45.6 Å². The van der Waals surface area contributed by atoms with Gasteiger partial charge in [0.1, 0.15) is 5.82 Å². The maximum atomic E-state index is 4.39. The first-order valence-electron chi connectivity index (χ1n) is 7.66. The van der Waals surface area contributed by atoms with Crippen LogP contribution in [0, 0.1) is 5.92 Å². The molecule has 2 aromatic heterocycles. The predicted molar refractivity (Wildman–Crippen MR) is 84.0 cm³/mol. The van der Waals surface area contributed by atoms with Crippen molar-refractivity contribution in [2.45, 2.75) is 25.9 Å². The molecule has 4 nitrogen and oxygen atoms in total. The highest BCUT2D eigenvalue weighted by molar-refractivity contribution is 5.82. The summed E-state index contributed by atoms with van der Waals surface area (Å²) in [5.41, 5.74) is 2.59. The normalized spacial score (nSPS) is 18.0. The van der Waals surface area contributed by atoms with Crippen molar-refractivity contribution < 1.29 is 0 Å². The molecule has 0 fully saturated rings. The van der Waals surface area contributed by atoms with Crippen LogP contribution < -0.4 is 5.32 Å². The molecule has 0 amide bonds. The minimum Gasteiger partial charge on any atom is -0.361 e. The number of benzene rings is 1. The number of aromatic nitrogens is 3. The lowest BCUT2D eigenvalue weighted by Crippen LogP contribution is -2.29. The van der Waals surface area contributed by atoms with E-state index < -0.39 is 0 Å². The van der Waals surface area contributed by atoms with E-state index in [9.17, 15) is 0 Å². The van der Waals surface area contributed by atoms with Crippen LogP contribution in [0.4, 0.5) is 0 Å². The molecule has 1 aliphatic heterocycles. The number of H-pyrrole nitrogens is 1. The SMILES string of the molecule is c1cc(CNC[C@@H]2CCc3nccn3C2)c2cc[nH]c2c1. The lowest BCUT2D eigenvalue weighted by molar-refractivity contribution is 0.347. The van der Waals surface area contributed by atoms with E-state index in [1.165, 1.54) is 28.7 Å². The van der Waals surface area contributed by atoms with Gasteiger partial charge < -0.3 is 14.9 Å². The maximum absolute atomic E-state index is 4.39. The van der Waals surface area contributed by atoms with Crippen molar-refractivity contribution in [2.75, 3.05) is 6.54 Å². The zero-order chi connectivity index (χ0) is 14.1. The summed E-state index contributed by atoms with van der Waals surface area (Å²) in [5.74, 6) is 1.94. The number of hydrogen-bond acceptors (Lipinski definition) is 2. The molecule has 0 radical (unpaired) electrons. The largest absolute Gasteiger partial charge is 0.361 e. The fourth-order valence-corrected chi connectivity index (χ4v) is 3.32. The number of aromatic amines is 1. The second kappa shape index (κ2) is 5.37. The Balaban J connectivity index is 1.37. The second-order valence-electron chi connectivity index (χ2n) is 5.89. The summed E-state index contributed by atoms with van der Waals surface area (Å²) in [5, 5.41) is 4.95. The molecule has 108 valence electrons. The minimum atomic E-state index is 0.706. The molecule has 3 heterocycles. The van der Waals surface area contributed by atoms with Crippen LogP contribution >= 0.6 is 0 Å². The van der Waals surface area contributed by atoms with Crippen LogP contribution in [0.1, 0.15) is 17.8 Å². The van der Waals surface area contributed by atoms with Gasteiger partial charge in [0, 0.05) is 49.0 Å². The van der Waals surface area contributed by atoms with Gasteiger partial charge >= 0.3 is 0 Å². The summed E-state index contributed by atoms with van der Waals surface area (Å²) in [7, 11) is 0. The third kappa shape index (κ3) is 2.47. The summed E-state index contributed by atoms with van der Waals surface area (Å²) < 4.78 is 2.29. The third-order valence-corrected chi connectivity index (χ3v) is 4.47. The van der Waals surface area contributed by atoms with Crippen molar-refractivity contribution in [1.29, 1.82) is 0 Å². The molecule has 0 unspecified atom stereocenters. The van der Waals surface area contributed by atoms with E-state index in [0.29, 0.717) is 5.92 Å². The molecule has 3 aromatic rings. The minimum absolute atomic E-state index is 0.706. The highest BCUT2D eigenvalue weighted by atomic mass is 15.1. The van der Waals surface area contributed by atoms with E-state index >= 15 is 0 Å². The highest BCUT2D eigenvalue weighted by Crippen LogP contribution is 2.19. The highest BCUT2D eigenvalue weighted by Gasteiger charge is 2.18. The second-order valence-corrected chi connectivity index (χ2v) is 5.89. The first-order chi connectivity index (χ1) is 10.4. The van der Waals surface area contributed by atoms with Crippen LogP contribution in [-0.4, -0.2) is 21.1 Å². The smallest absolute Gasteiger partial charge is 0.108 e. The summed E-state index contributed by atoms with van der Waals surface area (Å²) in [6.45, 7) is 3.09. The standard InChI is InChI=1S/C17H20N4/c1-2-14(15-6-7-19-16(15)3-1)11-18-10-13-4-5-17-20-8-9-21(17)12-13/h1-3,6-9,13,18-19H,4-5,10-12H2/t13-/m0/s1. The number of nitrogens with one attached hydrogen (secondary N) is 2. The Morgan fingerprint density at radius 1 is 1.33 bits per heavy atom. The Hall–Kier alpha value is -2.07. The number of rotatable bonds is 4. The van der Waals surface area contributed by atoms with Crippen LogP contribution in [0.15, 0.2) is 42.9 Å². The van der Waals surface area contributed by atoms with Crippen molar-refractivity contribution >= 4 is 10.9 Å². The van der Waals surface area contributed by atoms with Gasteiger partial charge in [-0.15, -0.1) is 0 Å². The fraction of sp³-hybridized carbons (Fsp3) is 0.353. The third-order valence-electron chi connectivity index (χ3n) is 4.47. The molecule has 1 atom stereocenters. The Bertz CT molecular complexity index is 740. The average Bonchev–Trinajstić information content (AvgIpc) is 3.15. The van der Waals surface area contributed by atoms with Crippen LogP contribution in [0.25, 0.3) is 10.9 Å². The summed E-state index contributed by atoms with van der Waals surface area (Å²) in [4.78, 5) is 7.66. The van der Waals surface area contributed by atoms with E-state index in [1.807, 2.05) is 12.4 Å². The number of hydrogen-bond donors (Lipinski definition) is 2. The Labute approximate surface area is 124 Å². The Kier molecular flexibility index (Phi) is 3.24. The van der Waals surface area contributed by atoms with Crippen LogP contribution in [-0.2, 0) is 19.5 Å². The van der Waals surface area contributed by atoms with Gasteiger partial charge in [0.05, 0.1) is 0 Å². The van der Waals surface area contributed by atoms with Gasteiger partial charge in [0.15, 0.2) is 0 Å². The molecule has 4 rings (SSSR count). The van der Waals surface area contributed by atoms with E-state index in [0.717, 1.165) is 26.1 Å². The molecule has 0 spiro atoms. The molecule has 0 bridgehead atoms. The summed E-state index contributed by atoms with van der Waals surface area (Å²) in [6.07, 6.45) is 8.36. The van der Waals surface area contributed by atoms with Crippen LogP contribution in [0.2, 0.25) is 0 Å². The van der Waals surface area contributed by atoms with Gasteiger partial charge in [0.2, 0.25) is 0 Å². The molecular weight excluding hydrogens is 260 g/mol. The van der Waals surface area contributed by atoms with E-state index in [4.69, 9.17) is 0 Å². The van der Waals surface area contributed by atoms with Crippen molar-refractivity contribution in [3.05, 3.63) is 54.2 Å². The lowest BCUT2D eigenvalue weighted by Gasteiger charge is -2.24. The average molecular weight is 280 g/mol. The van der Waals surface area contributed by atoms with Crippen molar-refractivity contribution in [3.8, 4) is 0 Å². The number of aryl methyl sites for hydroxylation is 1. The summed E-state index contributed by atoms with van der Waals surface area (Å²) in [6, 6.07) is 8.61. The number of nitrogens with zero attached hydrogens (tertiary/aromatic N) is 2. The fourth-order valence-electron chi connectivity index (χ4n) is 3.32. The zero-order valence-corrected chi connectivity index (χ0v) is 12.0. The van der Waals surface area contributed by atoms with E-state index in [2.05, 4.69) is 50.3 Å².